The zero-order valence-electron chi connectivity index (χ0n) is 17.4. The molecule has 2 amide bonds. The fourth-order valence-electron chi connectivity index (χ4n) is 4.33. The Morgan fingerprint density at radius 2 is 1.88 bits per heavy atom. The summed E-state index contributed by atoms with van der Waals surface area (Å²) in [4.78, 5) is 53.7. The molecule has 5 rings (SSSR count). The van der Waals surface area contributed by atoms with Crippen LogP contribution in [0.3, 0.4) is 0 Å². The number of H-pyrrole nitrogens is 1. The van der Waals surface area contributed by atoms with Crippen molar-refractivity contribution in [1.29, 1.82) is 0 Å². The Labute approximate surface area is 206 Å². The van der Waals surface area contributed by atoms with Crippen LogP contribution in [-0.4, -0.2) is 44.6 Å². The fourth-order valence-corrected chi connectivity index (χ4v) is 7.04. The first kappa shape index (κ1) is 22.7. The minimum absolute atomic E-state index is 0.263. The fraction of sp³-hybridized carbons (Fsp3) is 0.217. The number of aliphatic carboxylic acids is 1. The van der Waals surface area contributed by atoms with E-state index >= 15 is 0 Å². The van der Waals surface area contributed by atoms with Crippen LogP contribution >= 0.6 is 34.7 Å². The van der Waals surface area contributed by atoms with Crippen molar-refractivity contribution < 1.29 is 24.2 Å². The molecule has 2 aromatic carbocycles. The van der Waals surface area contributed by atoms with Gasteiger partial charge in [0.05, 0.1) is 10.9 Å². The Morgan fingerprint density at radius 1 is 1.12 bits per heavy atom. The van der Waals surface area contributed by atoms with Crippen LogP contribution in [0.25, 0.3) is 0 Å². The van der Waals surface area contributed by atoms with Crippen LogP contribution in [0.2, 0.25) is 5.02 Å². The minimum Gasteiger partial charge on any atom is -0.489 e. The van der Waals surface area contributed by atoms with Gasteiger partial charge in [-0.05, 0) is 23.8 Å². The summed E-state index contributed by atoms with van der Waals surface area (Å²) in [6, 6.07) is 14.6. The number of halogens is 1. The minimum atomic E-state index is -1.28. The number of hydrogen-bond donors (Lipinski definition) is 2. The molecule has 1 aromatic heterocycles. The Hall–Kier alpha value is -3.08. The van der Waals surface area contributed by atoms with Gasteiger partial charge in [0.15, 0.2) is 0 Å². The Bertz CT molecular complexity index is 1350. The number of carbonyl (C=O) groups is 3. The van der Waals surface area contributed by atoms with E-state index in [2.05, 4.69) is 4.98 Å². The molecule has 3 heterocycles. The lowest BCUT2D eigenvalue weighted by atomic mass is 9.82. The second-order valence-corrected chi connectivity index (χ2v) is 10.5. The molecule has 8 nitrogen and oxygen atoms in total. The van der Waals surface area contributed by atoms with Crippen LogP contribution in [0, 0.1) is 5.92 Å². The standard InChI is InChI=1S/C23H17ClN2O6S2/c24-12-6-7-14(32-10-11-4-2-1-3-5-11)13(8-12)16-17-19(33-20-18(16)34-23(31)25-20)22(30)26(21(17)29)9-15(27)28/h1-8,16-17,19H,9-10H2,(H,25,31)(H,27,28)/t16-,17?,19?/m1/s1. The molecular formula is C23H17ClN2O6S2. The molecule has 3 atom stereocenters. The zero-order valence-corrected chi connectivity index (χ0v) is 19.8. The van der Waals surface area contributed by atoms with Gasteiger partial charge in [0.2, 0.25) is 11.8 Å². The van der Waals surface area contributed by atoms with Gasteiger partial charge in [0, 0.05) is 21.4 Å². The van der Waals surface area contributed by atoms with E-state index in [-0.39, 0.29) is 11.5 Å². The molecule has 2 N–H and O–H groups in total. The number of fused-ring (bicyclic) bond motifs is 2. The first-order valence-electron chi connectivity index (χ1n) is 10.3. The van der Waals surface area contributed by atoms with Crippen molar-refractivity contribution in [2.24, 2.45) is 5.92 Å². The number of aromatic amines is 1. The number of thioether (sulfide) groups is 1. The molecule has 0 aliphatic carbocycles. The van der Waals surface area contributed by atoms with E-state index in [0.717, 1.165) is 33.6 Å². The van der Waals surface area contributed by atoms with E-state index < -0.39 is 41.4 Å². The third kappa shape index (κ3) is 4.02. The number of rotatable bonds is 6. The van der Waals surface area contributed by atoms with Gasteiger partial charge in [-0.25, -0.2) is 0 Å². The predicted octanol–water partition coefficient (Wildman–Crippen LogP) is 3.34. The number of carboxylic acids is 1. The molecule has 3 aromatic rings. The molecule has 0 radical (unpaired) electrons. The van der Waals surface area contributed by atoms with E-state index in [1.54, 1.807) is 18.2 Å². The number of likely N-dealkylation sites (tertiary alicyclic amines) is 1. The van der Waals surface area contributed by atoms with Gasteiger partial charge in [-0.1, -0.05) is 65.0 Å². The number of nitrogens with one attached hydrogen (secondary N) is 1. The van der Waals surface area contributed by atoms with Crippen molar-refractivity contribution in [2.45, 2.75) is 22.8 Å². The highest BCUT2D eigenvalue weighted by molar-refractivity contribution is 8.00. The van der Waals surface area contributed by atoms with E-state index in [4.69, 9.17) is 16.3 Å². The highest BCUT2D eigenvalue weighted by Gasteiger charge is 2.56. The number of carboxylic acid groups (broad SMARTS) is 1. The number of amides is 2. The molecule has 2 aliphatic rings. The highest BCUT2D eigenvalue weighted by atomic mass is 35.5. The number of thiazole rings is 1. The van der Waals surface area contributed by atoms with Crippen molar-refractivity contribution in [3.05, 3.63) is 79.2 Å². The summed E-state index contributed by atoms with van der Waals surface area (Å²) in [6.45, 7) is -0.450. The lowest BCUT2D eigenvalue weighted by Gasteiger charge is -2.31. The maximum atomic E-state index is 13.3. The van der Waals surface area contributed by atoms with Gasteiger partial charge in [-0.2, -0.15) is 0 Å². The SMILES string of the molecule is O=C(O)CN1C(=O)C2Sc3[nH]c(=O)sc3[C@H](c3cc(Cl)ccc3OCc3ccccc3)C2C1=O. The number of benzene rings is 2. The second-order valence-electron chi connectivity index (χ2n) is 7.86. The maximum absolute atomic E-state index is 13.3. The van der Waals surface area contributed by atoms with Crippen molar-refractivity contribution in [3.63, 3.8) is 0 Å². The molecule has 2 aliphatic heterocycles. The van der Waals surface area contributed by atoms with Gasteiger partial charge in [-0.15, -0.1) is 0 Å². The smallest absolute Gasteiger partial charge is 0.323 e. The van der Waals surface area contributed by atoms with Crippen LogP contribution in [0.1, 0.15) is 21.9 Å². The molecule has 11 heteroatoms. The Balaban J connectivity index is 1.60. The van der Waals surface area contributed by atoms with Crippen molar-refractivity contribution in [2.75, 3.05) is 6.54 Å². The van der Waals surface area contributed by atoms with E-state index in [1.165, 1.54) is 0 Å². The average molecular weight is 517 g/mol. The summed E-state index contributed by atoms with van der Waals surface area (Å²) in [5.74, 6) is -3.58. The molecule has 2 unspecified atom stereocenters. The highest BCUT2D eigenvalue weighted by Crippen LogP contribution is 2.54. The summed E-state index contributed by atoms with van der Waals surface area (Å²) < 4.78 is 6.10. The summed E-state index contributed by atoms with van der Waals surface area (Å²) in [5.41, 5.74) is 1.50. The summed E-state index contributed by atoms with van der Waals surface area (Å²) >= 11 is 8.37. The first-order chi connectivity index (χ1) is 16.3. The average Bonchev–Trinajstić information content (AvgIpc) is 3.29. The molecule has 1 fully saturated rings. The number of nitrogens with zero attached hydrogens (tertiary/aromatic N) is 1. The second kappa shape index (κ2) is 8.94. The van der Waals surface area contributed by atoms with Crippen LogP contribution in [0.15, 0.2) is 58.4 Å². The summed E-state index contributed by atoms with van der Waals surface area (Å²) in [6.07, 6.45) is 0. The number of hydrogen-bond acceptors (Lipinski definition) is 7. The van der Waals surface area contributed by atoms with Crippen LogP contribution in [-0.2, 0) is 21.0 Å². The lowest BCUT2D eigenvalue weighted by molar-refractivity contribution is -0.149. The van der Waals surface area contributed by atoms with Gasteiger partial charge in [0.1, 0.15) is 24.2 Å². The van der Waals surface area contributed by atoms with Gasteiger partial charge >= 0.3 is 10.8 Å². The van der Waals surface area contributed by atoms with Crippen LogP contribution in [0.5, 0.6) is 5.75 Å². The predicted molar refractivity (Wildman–Crippen MR) is 126 cm³/mol. The molecule has 0 spiro atoms. The number of aromatic nitrogens is 1. The topological polar surface area (TPSA) is 117 Å². The van der Waals surface area contributed by atoms with E-state index in [1.807, 2.05) is 30.3 Å². The molecule has 174 valence electrons. The van der Waals surface area contributed by atoms with E-state index in [0.29, 0.717) is 26.2 Å². The monoisotopic (exact) mass is 516 g/mol. The van der Waals surface area contributed by atoms with Crippen molar-refractivity contribution in [1.82, 2.24) is 9.88 Å². The van der Waals surface area contributed by atoms with Gasteiger partial charge in [0.25, 0.3) is 0 Å². The number of imide groups is 1. The number of carbonyl (C=O) groups excluding carboxylic acids is 2. The summed E-state index contributed by atoms with van der Waals surface area (Å²) in [7, 11) is 0. The van der Waals surface area contributed by atoms with Gasteiger partial charge in [-0.3, -0.25) is 24.1 Å². The third-order valence-electron chi connectivity index (χ3n) is 5.75. The Morgan fingerprint density at radius 3 is 2.62 bits per heavy atom. The normalized spacial score (nSPS) is 21.3. The third-order valence-corrected chi connectivity index (χ3v) is 8.39. The molecule has 0 bridgehead atoms. The number of ether oxygens (including phenoxy) is 1. The van der Waals surface area contributed by atoms with Gasteiger partial charge < -0.3 is 14.8 Å². The van der Waals surface area contributed by atoms with Crippen LogP contribution < -0.4 is 9.61 Å². The van der Waals surface area contributed by atoms with Crippen molar-refractivity contribution in [3.8, 4) is 5.75 Å². The molecular weight excluding hydrogens is 500 g/mol. The first-order valence-corrected chi connectivity index (χ1v) is 12.3. The summed E-state index contributed by atoms with van der Waals surface area (Å²) in [5, 5.41) is 9.25. The molecule has 1 saturated heterocycles. The van der Waals surface area contributed by atoms with Crippen LogP contribution in [0.4, 0.5) is 0 Å². The molecule has 0 saturated carbocycles. The lowest BCUT2D eigenvalue weighted by Crippen LogP contribution is -2.36. The Kier molecular flexibility index (Phi) is 5.97. The maximum Gasteiger partial charge on any atom is 0.323 e. The molecule has 34 heavy (non-hydrogen) atoms. The van der Waals surface area contributed by atoms with Crippen molar-refractivity contribution >= 4 is 52.5 Å². The largest absolute Gasteiger partial charge is 0.489 e. The zero-order chi connectivity index (χ0) is 24.0. The quantitative estimate of drug-likeness (QED) is 0.482. The van der Waals surface area contributed by atoms with E-state index in [9.17, 15) is 24.3 Å².